The lowest BCUT2D eigenvalue weighted by molar-refractivity contribution is -0.386. The molecule has 6 heteroatoms. The molecule has 1 aromatic rings. The van der Waals surface area contributed by atoms with Crippen LogP contribution in [-0.4, -0.2) is 31.2 Å². The van der Waals surface area contributed by atoms with E-state index in [9.17, 15) is 10.1 Å². The SMILES string of the molecule is CCOc1cccc(OCC2CCNC2)c1[N+](=O)[O-]. The van der Waals surface area contributed by atoms with Gasteiger partial charge in [0, 0.05) is 12.5 Å². The second kappa shape index (κ2) is 6.38. The summed E-state index contributed by atoms with van der Waals surface area (Å²) in [7, 11) is 0. The van der Waals surface area contributed by atoms with Gasteiger partial charge < -0.3 is 14.8 Å². The van der Waals surface area contributed by atoms with Gasteiger partial charge >= 0.3 is 5.69 Å². The van der Waals surface area contributed by atoms with Gasteiger partial charge in [0.2, 0.25) is 11.5 Å². The third-order valence-electron chi connectivity index (χ3n) is 3.08. The Morgan fingerprint density at radius 1 is 1.42 bits per heavy atom. The average Bonchev–Trinajstić information content (AvgIpc) is 2.89. The molecule has 1 unspecified atom stereocenters. The molecular formula is C13H18N2O4. The van der Waals surface area contributed by atoms with E-state index in [-0.39, 0.29) is 17.2 Å². The Bertz CT molecular complexity index is 444. The molecule has 0 radical (unpaired) electrons. The van der Waals surface area contributed by atoms with Crippen molar-refractivity contribution in [2.24, 2.45) is 5.92 Å². The fourth-order valence-corrected chi connectivity index (χ4v) is 2.13. The molecule has 0 amide bonds. The Morgan fingerprint density at radius 3 is 2.74 bits per heavy atom. The van der Waals surface area contributed by atoms with Gasteiger partial charge in [0.1, 0.15) is 0 Å². The molecule has 0 spiro atoms. The largest absolute Gasteiger partial charge is 0.487 e. The van der Waals surface area contributed by atoms with Crippen molar-refractivity contribution in [1.82, 2.24) is 5.32 Å². The lowest BCUT2D eigenvalue weighted by Gasteiger charge is -2.12. The van der Waals surface area contributed by atoms with Crippen molar-refractivity contribution in [3.05, 3.63) is 28.3 Å². The number of nitro benzene ring substituents is 1. The van der Waals surface area contributed by atoms with Gasteiger partial charge in [0.15, 0.2) is 0 Å². The first-order chi connectivity index (χ1) is 9.22. The van der Waals surface area contributed by atoms with Crippen LogP contribution in [0, 0.1) is 16.0 Å². The number of nitro groups is 1. The van der Waals surface area contributed by atoms with Crippen LogP contribution in [0.25, 0.3) is 0 Å². The Hall–Kier alpha value is -1.82. The van der Waals surface area contributed by atoms with Crippen LogP contribution in [0.5, 0.6) is 11.5 Å². The van der Waals surface area contributed by atoms with Crippen molar-refractivity contribution in [2.75, 3.05) is 26.3 Å². The van der Waals surface area contributed by atoms with Gasteiger partial charge in [0.25, 0.3) is 0 Å². The Labute approximate surface area is 111 Å². The molecule has 0 bridgehead atoms. The highest BCUT2D eigenvalue weighted by Gasteiger charge is 2.23. The molecule has 0 aromatic heterocycles. The van der Waals surface area contributed by atoms with E-state index in [0.29, 0.717) is 19.1 Å². The van der Waals surface area contributed by atoms with Crippen LogP contribution in [0.15, 0.2) is 18.2 Å². The molecule has 1 saturated heterocycles. The van der Waals surface area contributed by atoms with Crippen molar-refractivity contribution in [3.8, 4) is 11.5 Å². The van der Waals surface area contributed by atoms with Crippen molar-refractivity contribution in [2.45, 2.75) is 13.3 Å². The summed E-state index contributed by atoms with van der Waals surface area (Å²) in [5.74, 6) is 0.952. The predicted octanol–water partition coefficient (Wildman–Crippen LogP) is 1.98. The number of nitrogens with one attached hydrogen (secondary N) is 1. The zero-order valence-corrected chi connectivity index (χ0v) is 10.9. The Morgan fingerprint density at radius 2 is 2.16 bits per heavy atom. The number of ether oxygens (including phenoxy) is 2. The van der Waals surface area contributed by atoms with Crippen LogP contribution < -0.4 is 14.8 Å². The minimum atomic E-state index is -0.451. The van der Waals surface area contributed by atoms with Crippen molar-refractivity contribution in [3.63, 3.8) is 0 Å². The van der Waals surface area contributed by atoms with Crippen molar-refractivity contribution < 1.29 is 14.4 Å². The summed E-state index contributed by atoms with van der Waals surface area (Å²) in [6.07, 6.45) is 1.04. The average molecular weight is 266 g/mol. The monoisotopic (exact) mass is 266 g/mol. The first-order valence-corrected chi connectivity index (χ1v) is 6.46. The van der Waals surface area contributed by atoms with Crippen molar-refractivity contribution in [1.29, 1.82) is 0 Å². The summed E-state index contributed by atoms with van der Waals surface area (Å²) in [6, 6.07) is 4.91. The summed E-state index contributed by atoms with van der Waals surface area (Å²) >= 11 is 0. The molecule has 1 aromatic carbocycles. The number of nitrogens with zero attached hydrogens (tertiary/aromatic N) is 1. The number of hydrogen-bond donors (Lipinski definition) is 1. The standard InChI is InChI=1S/C13H18N2O4/c1-2-18-11-4-3-5-12(13(11)15(16)17)19-9-10-6-7-14-8-10/h3-5,10,14H,2,6-9H2,1H3. The summed E-state index contributed by atoms with van der Waals surface area (Å²) in [5.41, 5.74) is -0.0877. The quantitative estimate of drug-likeness (QED) is 0.629. The first-order valence-electron chi connectivity index (χ1n) is 6.46. The highest BCUT2D eigenvalue weighted by molar-refractivity contribution is 5.57. The van der Waals surface area contributed by atoms with E-state index in [1.807, 2.05) is 0 Å². The molecule has 1 heterocycles. The number of benzene rings is 1. The zero-order valence-electron chi connectivity index (χ0n) is 10.9. The Kier molecular flexibility index (Phi) is 4.57. The van der Waals surface area contributed by atoms with Crippen LogP contribution in [0.4, 0.5) is 5.69 Å². The fourth-order valence-electron chi connectivity index (χ4n) is 2.13. The second-order valence-electron chi connectivity index (χ2n) is 4.46. The van der Waals surface area contributed by atoms with Crippen LogP contribution in [-0.2, 0) is 0 Å². The number of hydrogen-bond acceptors (Lipinski definition) is 5. The third-order valence-corrected chi connectivity index (χ3v) is 3.08. The highest BCUT2D eigenvalue weighted by Crippen LogP contribution is 2.36. The summed E-state index contributed by atoms with van der Waals surface area (Å²) in [4.78, 5) is 10.7. The normalized spacial score (nSPS) is 18.3. The van der Waals surface area contributed by atoms with E-state index >= 15 is 0 Å². The van der Waals surface area contributed by atoms with Crippen LogP contribution in [0.2, 0.25) is 0 Å². The van der Waals surface area contributed by atoms with Gasteiger partial charge in [-0.15, -0.1) is 0 Å². The molecule has 19 heavy (non-hydrogen) atoms. The van der Waals surface area contributed by atoms with Gasteiger partial charge in [-0.05, 0) is 32.0 Å². The predicted molar refractivity (Wildman–Crippen MR) is 70.7 cm³/mol. The lowest BCUT2D eigenvalue weighted by atomic mass is 10.1. The third kappa shape index (κ3) is 3.35. The molecule has 1 aliphatic rings. The molecule has 0 aliphatic carbocycles. The molecule has 1 aliphatic heterocycles. The highest BCUT2D eigenvalue weighted by atomic mass is 16.6. The summed E-state index contributed by atoms with van der Waals surface area (Å²) < 4.78 is 10.9. The molecular weight excluding hydrogens is 248 g/mol. The molecule has 0 saturated carbocycles. The minimum Gasteiger partial charge on any atom is -0.487 e. The van der Waals surface area contributed by atoms with Crippen LogP contribution >= 0.6 is 0 Å². The minimum absolute atomic E-state index is 0.0877. The maximum atomic E-state index is 11.1. The van der Waals surface area contributed by atoms with Crippen molar-refractivity contribution >= 4 is 5.69 Å². The zero-order chi connectivity index (χ0) is 13.7. The fraction of sp³-hybridized carbons (Fsp3) is 0.538. The molecule has 1 fully saturated rings. The van der Waals surface area contributed by atoms with E-state index in [2.05, 4.69) is 5.32 Å². The van der Waals surface area contributed by atoms with Gasteiger partial charge in [-0.2, -0.15) is 0 Å². The lowest BCUT2D eigenvalue weighted by Crippen LogP contribution is -2.16. The number of rotatable bonds is 6. The van der Waals surface area contributed by atoms with Gasteiger partial charge in [-0.25, -0.2) is 0 Å². The summed E-state index contributed by atoms with van der Waals surface area (Å²) in [6.45, 7) is 4.55. The maximum Gasteiger partial charge on any atom is 0.352 e. The van der Waals surface area contributed by atoms with E-state index in [4.69, 9.17) is 9.47 Å². The smallest absolute Gasteiger partial charge is 0.352 e. The molecule has 1 N–H and O–H groups in total. The summed E-state index contributed by atoms with van der Waals surface area (Å²) in [5, 5.41) is 14.4. The van der Waals surface area contributed by atoms with Crippen LogP contribution in [0.1, 0.15) is 13.3 Å². The van der Waals surface area contributed by atoms with E-state index < -0.39 is 4.92 Å². The molecule has 1 atom stereocenters. The van der Waals surface area contributed by atoms with E-state index in [0.717, 1.165) is 19.5 Å². The molecule has 104 valence electrons. The second-order valence-corrected chi connectivity index (χ2v) is 4.46. The van der Waals surface area contributed by atoms with Crippen LogP contribution in [0.3, 0.4) is 0 Å². The van der Waals surface area contributed by atoms with E-state index in [1.165, 1.54) is 0 Å². The topological polar surface area (TPSA) is 73.6 Å². The van der Waals surface area contributed by atoms with E-state index in [1.54, 1.807) is 25.1 Å². The number of para-hydroxylation sites is 1. The molecule has 2 rings (SSSR count). The van der Waals surface area contributed by atoms with Gasteiger partial charge in [-0.3, -0.25) is 10.1 Å². The van der Waals surface area contributed by atoms with Gasteiger partial charge in [0.05, 0.1) is 18.1 Å². The first kappa shape index (κ1) is 13.6. The van der Waals surface area contributed by atoms with Gasteiger partial charge in [-0.1, -0.05) is 6.07 Å². The Balaban J connectivity index is 2.13. The maximum absolute atomic E-state index is 11.1. The molecule has 6 nitrogen and oxygen atoms in total.